The molecule has 1 aliphatic rings. The number of benzene rings is 2. The van der Waals surface area contributed by atoms with Crippen molar-refractivity contribution in [3.63, 3.8) is 0 Å². The number of primary amides is 1. The van der Waals surface area contributed by atoms with Gasteiger partial charge in [0.05, 0.1) is 18.0 Å². The minimum absolute atomic E-state index is 0.000607. The predicted octanol–water partition coefficient (Wildman–Crippen LogP) is 5.97. The van der Waals surface area contributed by atoms with E-state index in [4.69, 9.17) is 15.2 Å². The number of nitrogens with one attached hydrogen (secondary N) is 1. The molecule has 2 amide bonds. The van der Waals surface area contributed by atoms with Crippen molar-refractivity contribution in [1.29, 1.82) is 0 Å². The first-order chi connectivity index (χ1) is 16.4. The van der Waals surface area contributed by atoms with Gasteiger partial charge in [-0.05, 0) is 86.9 Å². The number of halogens is 3. The summed E-state index contributed by atoms with van der Waals surface area (Å²) < 4.78 is 40.7. The van der Waals surface area contributed by atoms with Crippen molar-refractivity contribution in [2.24, 2.45) is 5.73 Å². The first-order valence-electron chi connectivity index (χ1n) is 11.4. The molecule has 1 heterocycles. The van der Waals surface area contributed by atoms with Crippen LogP contribution in [0.1, 0.15) is 56.8 Å². The molecule has 0 aliphatic carbocycles. The van der Waals surface area contributed by atoms with Crippen LogP contribution < -0.4 is 15.8 Å². The molecule has 2 aromatic rings. The zero-order chi connectivity index (χ0) is 25.8. The van der Waals surface area contributed by atoms with Gasteiger partial charge in [-0.1, -0.05) is 0 Å². The van der Waals surface area contributed by atoms with Crippen molar-refractivity contribution in [2.75, 3.05) is 18.5 Å². The average Bonchev–Trinajstić information content (AvgIpc) is 2.74. The molecule has 1 saturated heterocycles. The summed E-state index contributed by atoms with van der Waals surface area (Å²) in [5.41, 5.74) is 4.95. The smallest absolute Gasteiger partial charge is 0.410 e. The summed E-state index contributed by atoms with van der Waals surface area (Å²) >= 11 is 1.97. The lowest BCUT2D eigenvalue weighted by Crippen LogP contribution is -2.46. The van der Waals surface area contributed by atoms with Crippen molar-refractivity contribution in [3.05, 3.63) is 51.1 Å². The molecule has 1 unspecified atom stereocenters. The normalized spacial score (nSPS) is 16.1. The summed E-state index contributed by atoms with van der Waals surface area (Å²) in [5, 5.41) is 2.75. The van der Waals surface area contributed by atoms with Gasteiger partial charge >= 0.3 is 6.09 Å². The van der Waals surface area contributed by atoms with Gasteiger partial charge in [-0.15, -0.1) is 0 Å². The van der Waals surface area contributed by atoms with Gasteiger partial charge in [-0.3, -0.25) is 4.79 Å². The first kappa shape index (κ1) is 27.0. The van der Waals surface area contributed by atoms with Gasteiger partial charge in [0.1, 0.15) is 28.5 Å². The molecule has 190 valence electrons. The van der Waals surface area contributed by atoms with Crippen molar-refractivity contribution >= 4 is 46.0 Å². The fourth-order valence-electron chi connectivity index (χ4n) is 3.95. The Labute approximate surface area is 217 Å². The number of likely N-dealkylation sites (tertiary alicyclic amines) is 1. The van der Waals surface area contributed by atoms with Crippen LogP contribution in [0, 0.1) is 15.2 Å². The molecule has 3 rings (SSSR count). The van der Waals surface area contributed by atoms with E-state index < -0.39 is 23.1 Å². The molecule has 0 bridgehead atoms. The number of anilines is 2. The average molecular weight is 601 g/mol. The van der Waals surface area contributed by atoms with E-state index in [1.165, 1.54) is 12.1 Å². The number of ether oxygens (including phenoxy) is 2. The van der Waals surface area contributed by atoms with Crippen molar-refractivity contribution in [2.45, 2.75) is 58.1 Å². The van der Waals surface area contributed by atoms with Crippen LogP contribution in [0.3, 0.4) is 0 Å². The summed E-state index contributed by atoms with van der Waals surface area (Å²) in [6, 6.07) is 6.50. The van der Waals surface area contributed by atoms with E-state index in [9.17, 15) is 18.4 Å². The largest absolute Gasteiger partial charge is 0.492 e. The molecule has 1 atom stereocenters. The lowest BCUT2D eigenvalue weighted by Gasteiger charge is -2.36. The second-order valence-corrected chi connectivity index (χ2v) is 10.6. The standard InChI is InChI=1S/C25H30F2IN3O4/c1-25(2,3)35-24(33)31-10-5-4-6-17(31)9-11-34-21-13-15(26)12-20(22(21)23(29)32)30-19-8-7-16(28)14-18(19)27/h7-8,12-14,17,30H,4-6,9-11H2,1-3H3,(H2,29,32). The zero-order valence-corrected chi connectivity index (χ0v) is 22.2. The third-order valence-electron chi connectivity index (χ3n) is 5.48. The van der Waals surface area contributed by atoms with Crippen LogP contribution in [0.25, 0.3) is 0 Å². The van der Waals surface area contributed by atoms with Gasteiger partial charge in [0.25, 0.3) is 5.91 Å². The quantitative estimate of drug-likeness (QED) is 0.382. The van der Waals surface area contributed by atoms with E-state index in [0.717, 1.165) is 31.4 Å². The number of carbonyl (C=O) groups is 2. The Kier molecular flexibility index (Phi) is 8.79. The van der Waals surface area contributed by atoms with Crippen LogP contribution in [-0.4, -0.2) is 41.7 Å². The van der Waals surface area contributed by atoms with Gasteiger partial charge in [-0.2, -0.15) is 0 Å². The molecular formula is C25H30F2IN3O4. The summed E-state index contributed by atoms with van der Waals surface area (Å²) in [4.78, 5) is 26.6. The van der Waals surface area contributed by atoms with Crippen LogP contribution >= 0.6 is 22.6 Å². The molecule has 35 heavy (non-hydrogen) atoms. The minimum atomic E-state index is -0.846. The Morgan fingerprint density at radius 1 is 1.17 bits per heavy atom. The molecule has 10 heteroatoms. The maximum atomic E-state index is 14.4. The van der Waals surface area contributed by atoms with E-state index >= 15 is 0 Å². The second-order valence-electron chi connectivity index (χ2n) is 9.40. The Balaban J connectivity index is 1.76. The van der Waals surface area contributed by atoms with E-state index in [2.05, 4.69) is 5.32 Å². The third-order valence-corrected chi connectivity index (χ3v) is 6.15. The van der Waals surface area contributed by atoms with Gasteiger partial charge < -0.3 is 25.4 Å². The van der Waals surface area contributed by atoms with Crippen LogP contribution in [0.2, 0.25) is 0 Å². The molecular weight excluding hydrogens is 571 g/mol. The Hall–Kier alpha value is -2.63. The van der Waals surface area contributed by atoms with Gasteiger partial charge in [-0.25, -0.2) is 13.6 Å². The molecule has 0 radical (unpaired) electrons. The number of nitrogens with two attached hydrogens (primary N) is 1. The van der Waals surface area contributed by atoms with Crippen molar-refractivity contribution in [1.82, 2.24) is 4.90 Å². The Morgan fingerprint density at radius 2 is 1.91 bits per heavy atom. The van der Waals surface area contributed by atoms with Gasteiger partial charge in [0.2, 0.25) is 0 Å². The minimum Gasteiger partial charge on any atom is -0.492 e. The van der Waals surface area contributed by atoms with Gasteiger partial charge in [0, 0.05) is 28.6 Å². The number of rotatable bonds is 7. The predicted molar refractivity (Wildman–Crippen MR) is 138 cm³/mol. The van der Waals surface area contributed by atoms with Crippen molar-refractivity contribution < 1.29 is 27.8 Å². The number of hydrogen-bond donors (Lipinski definition) is 2. The highest BCUT2D eigenvalue weighted by atomic mass is 127. The lowest BCUT2D eigenvalue weighted by molar-refractivity contribution is 0.00743. The maximum absolute atomic E-state index is 14.4. The molecule has 0 saturated carbocycles. The van der Waals surface area contributed by atoms with Gasteiger partial charge in [0.15, 0.2) is 0 Å². The van der Waals surface area contributed by atoms with Crippen LogP contribution in [0.4, 0.5) is 25.0 Å². The molecule has 2 aromatic carbocycles. The number of amides is 2. The highest BCUT2D eigenvalue weighted by molar-refractivity contribution is 14.1. The summed E-state index contributed by atoms with van der Waals surface area (Å²) in [5.74, 6) is -2.13. The number of hydrogen-bond acceptors (Lipinski definition) is 5. The molecule has 1 fully saturated rings. The highest BCUT2D eigenvalue weighted by Crippen LogP contribution is 2.32. The number of nitrogens with zero attached hydrogens (tertiary/aromatic N) is 1. The Bertz CT molecular complexity index is 1090. The number of carbonyl (C=O) groups excluding carboxylic acids is 2. The second kappa shape index (κ2) is 11.4. The fraction of sp³-hybridized carbons (Fsp3) is 0.440. The van der Waals surface area contributed by atoms with Crippen LogP contribution in [-0.2, 0) is 4.74 Å². The third kappa shape index (κ3) is 7.42. The molecule has 1 aliphatic heterocycles. The highest BCUT2D eigenvalue weighted by Gasteiger charge is 2.30. The molecule has 3 N–H and O–H groups in total. The maximum Gasteiger partial charge on any atom is 0.410 e. The first-order valence-corrected chi connectivity index (χ1v) is 12.5. The fourth-order valence-corrected chi connectivity index (χ4v) is 4.40. The topological polar surface area (TPSA) is 93.9 Å². The molecule has 7 nitrogen and oxygen atoms in total. The summed E-state index contributed by atoms with van der Waals surface area (Å²) in [6.07, 6.45) is 2.72. The van der Waals surface area contributed by atoms with E-state index in [1.54, 1.807) is 11.0 Å². The molecule has 0 spiro atoms. The van der Waals surface area contributed by atoms with E-state index in [-0.39, 0.29) is 41.4 Å². The summed E-state index contributed by atoms with van der Waals surface area (Å²) in [7, 11) is 0. The van der Waals surface area contributed by atoms with Crippen molar-refractivity contribution in [3.8, 4) is 5.75 Å². The van der Waals surface area contributed by atoms with Crippen LogP contribution in [0.15, 0.2) is 30.3 Å². The monoisotopic (exact) mass is 601 g/mol. The molecule has 0 aromatic heterocycles. The van der Waals surface area contributed by atoms with E-state index in [1.807, 2.05) is 43.4 Å². The SMILES string of the molecule is CC(C)(C)OC(=O)N1CCCCC1CCOc1cc(F)cc(Nc2ccc(I)cc2F)c1C(N)=O. The Morgan fingerprint density at radius 3 is 2.57 bits per heavy atom. The number of piperidine rings is 1. The van der Waals surface area contributed by atoms with Crippen LogP contribution in [0.5, 0.6) is 5.75 Å². The van der Waals surface area contributed by atoms with E-state index in [0.29, 0.717) is 16.5 Å². The zero-order valence-electron chi connectivity index (χ0n) is 20.0. The lowest BCUT2D eigenvalue weighted by atomic mass is 10.00. The summed E-state index contributed by atoms with van der Waals surface area (Å²) in [6.45, 7) is 6.15.